The van der Waals surface area contributed by atoms with Crippen LogP contribution in [0.25, 0.3) is 0 Å². The third-order valence-electron chi connectivity index (χ3n) is 6.22. The van der Waals surface area contributed by atoms with Crippen molar-refractivity contribution in [1.82, 2.24) is 24.5 Å². The van der Waals surface area contributed by atoms with Crippen LogP contribution < -0.4 is 0 Å². The summed E-state index contributed by atoms with van der Waals surface area (Å²) in [6, 6.07) is 0.358. The Balaban J connectivity index is 1.71. The molecule has 1 aromatic heterocycles. The Labute approximate surface area is 167 Å². The van der Waals surface area contributed by atoms with Gasteiger partial charge in [0.2, 0.25) is 0 Å². The maximum absolute atomic E-state index is 13.1. The van der Waals surface area contributed by atoms with Crippen LogP contribution >= 0.6 is 0 Å². The summed E-state index contributed by atoms with van der Waals surface area (Å²) in [5.41, 5.74) is 1.42. The number of carbonyl (C=O) groups excluding carboxylic acids is 1. The van der Waals surface area contributed by atoms with Crippen molar-refractivity contribution in [3.05, 3.63) is 17.5 Å². The Morgan fingerprint density at radius 3 is 2.54 bits per heavy atom. The van der Waals surface area contributed by atoms with Crippen LogP contribution in [0.5, 0.6) is 0 Å². The molecule has 2 aliphatic rings. The second-order valence-electron chi connectivity index (χ2n) is 8.12. The molecule has 8 nitrogen and oxygen atoms in total. The molecule has 8 heteroatoms. The number of amides is 1. The molecule has 1 amide bonds. The van der Waals surface area contributed by atoms with Crippen LogP contribution in [-0.2, 0) is 11.3 Å². The van der Waals surface area contributed by atoms with Gasteiger partial charge in [-0.1, -0.05) is 0 Å². The number of nitrogens with zero attached hydrogens (tertiary/aromatic N) is 5. The fourth-order valence-electron chi connectivity index (χ4n) is 4.49. The van der Waals surface area contributed by atoms with Crippen LogP contribution in [0.3, 0.4) is 0 Å². The Bertz CT molecular complexity index is 696. The molecule has 3 rings (SSSR count). The van der Waals surface area contributed by atoms with Crippen molar-refractivity contribution in [3.63, 3.8) is 0 Å². The third-order valence-corrected chi connectivity index (χ3v) is 6.22. The average molecular weight is 392 g/mol. The summed E-state index contributed by atoms with van der Waals surface area (Å²) in [6.45, 7) is 10.1. The number of rotatable bonds is 6. The van der Waals surface area contributed by atoms with Gasteiger partial charge in [-0.25, -0.2) is 0 Å². The highest BCUT2D eigenvalue weighted by molar-refractivity contribution is 5.95. The van der Waals surface area contributed by atoms with E-state index in [4.69, 9.17) is 0 Å². The molecule has 0 unspecified atom stereocenters. The number of likely N-dealkylation sites (tertiary alicyclic amines) is 1. The number of carboxylic acids is 1. The van der Waals surface area contributed by atoms with Crippen molar-refractivity contribution in [2.75, 3.05) is 46.3 Å². The first kappa shape index (κ1) is 20.8. The van der Waals surface area contributed by atoms with E-state index in [0.717, 1.165) is 51.4 Å². The fourth-order valence-corrected chi connectivity index (χ4v) is 4.49. The third kappa shape index (κ3) is 4.72. The SMILES string of the molecule is CCn1cc(C(=O)N2CC[C@@H](N3CCN(C)CC3)[C@@H](CCC(=O)O)C2)c(C)n1. The molecule has 0 saturated carbocycles. The molecule has 2 saturated heterocycles. The van der Waals surface area contributed by atoms with Crippen LogP contribution in [0.15, 0.2) is 6.20 Å². The number of likely N-dealkylation sites (N-methyl/N-ethyl adjacent to an activating group) is 1. The van der Waals surface area contributed by atoms with Crippen LogP contribution in [0, 0.1) is 12.8 Å². The quantitative estimate of drug-likeness (QED) is 0.784. The summed E-state index contributed by atoms with van der Waals surface area (Å²) < 4.78 is 1.79. The van der Waals surface area contributed by atoms with E-state index in [2.05, 4.69) is 21.9 Å². The topological polar surface area (TPSA) is 81.9 Å². The summed E-state index contributed by atoms with van der Waals surface area (Å²) in [5, 5.41) is 13.6. The molecule has 156 valence electrons. The molecular formula is C20H33N5O3. The number of carbonyl (C=O) groups is 2. The molecule has 1 aromatic rings. The lowest BCUT2D eigenvalue weighted by atomic mass is 9.86. The highest BCUT2D eigenvalue weighted by Gasteiger charge is 2.36. The van der Waals surface area contributed by atoms with Gasteiger partial charge in [0.15, 0.2) is 0 Å². The van der Waals surface area contributed by atoms with Gasteiger partial charge in [0.05, 0.1) is 11.3 Å². The minimum Gasteiger partial charge on any atom is -0.481 e. The van der Waals surface area contributed by atoms with Crippen LogP contribution in [-0.4, -0.2) is 93.8 Å². The molecule has 0 aliphatic carbocycles. The van der Waals surface area contributed by atoms with Gasteiger partial charge in [0.1, 0.15) is 0 Å². The standard InChI is InChI=1S/C20H33N5O3/c1-4-25-14-17(15(2)21-25)20(28)24-8-7-18(16(13-24)5-6-19(26)27)23-11-9-22(3)10-12-23/h14,16,18H,4-13H2,1-3H3,(H,26,27)/t16-,18+/m0/s1. The first-order chi connectivity index (χ1) is 13.4. The lowest BCUT2D eigenvalue weighted by Crippen LogP contribution is -2.57. The van der Waals surface area contributed by atoms with Crippen LogP contribution in [0.2, 0.25) is 0 Å². The summed E-state index contributed by atoms with van der Waals surface area (Å²) in [7, 11) is 2.14. The first-order valence-electron chi connectivity index (χ1n) is 10.4. The zero-order valence-corrected chi connectivity index (χ0v) is 17.3. The highest BCUT2D eigenvalue weighted by Crippen LogP contribution is 2.28. The fraction of sp³-hybridized carbons (Fsp3) is 0.750. The Morgan fingerprint density at radius 2 is 1.93 bits per heavy atom. The van der Waals surface area contributed by atoms with Gasteiger partial charge < -0.3 is 14.9 Å². The van der Waals surface area contributed by atoms with E-state index in [9.17, 15) is 14.7 Å². The number of aliphatic carboxylic acids is 1. The van der Waals surface area contributed by atoms with Gasteiger partial charge in [0, 0.05) is 64.5 Å². The predicted molar refractivity (Wildman–Crippen MR) is 106 cm³/mol. The van der Waals surface area contributed by atoms with Gasteiger partial charge in [-0.15, -0.1) is 0 Å². The molecule has 3 heterocycles. The number of piperazine rings is 1. The minimum absolute atomic E-state index is 0.0225. The zero-order valence-electron chi connectivity index (χ0n) is 17.3. The van der Waals surface area contributed by atoms with E-state index in [-0.39, 0.29) is 18.2 Å². The maximum Gasteiger partial charge on any atom is 0.303 e. The van der Waals surface area contributed by atoms with Crippen LogP contribution in [0.4, 0.5) is 0 Å². The van der Waals surface area contributed by atoms with Gasteiger partial charge in [0.25, 0.3) is 5.91 Å². The lowest BCUT2D eigenvalue weighted by Gasteiger charge is -2.46. The maximum atomic E-state index is 13.1. The average Bonchev–Trinajstić information content (AvgIpc) is 3.07. The lowest BCUT2D eigenvalue weighted by molar-refractivity contribution is -0.137. The first-order valence-corrected chi connectivity index (χ1v) is 10.4. The number of hydrogen-bond acceptors (Lipinski definition) is 5. The zero-order chi connectivity index (χ0) is 20.3. The van der Waals surface area contributed by atoms with Crippen molar-refractivity contribution in [1.29, 1.82) is 0 Å². The molecule has 2 atom stereocenters. The van der Waals surface area contributed by atoms with E-state index in [1.165, 1.54) is 0 Å². The van der Waals surface area contributed by atoms with E-state index >= 15 is 0 Å². The van der Waals surface area contributed by atoms with Crippen molar-refractivity contribution in [2.45, 2.75) is 45.7 Å². The van der Waals surface area contributed by atoms with E-state index in [1.807, 2.05) is 24.9 Å². The van der Waals surface area contributed by atoms with Gasteiger partial charge in [-0.05, 0) is 39.7 Å². The number of aryl methyl sites for hydroxylation is 2. The molecule has 2 aliphatic heterocycles. The predicted octanol–water partition coefficient (Wildman–Crippen LogP) is 1.15. The summed E-state index contributed by atoms with van der Waals surface area (Å²) in [4.78, 5) is 31.0. The summed E-state index contributed by atoms with van der Waals surface area (Å²) >= 11 is 0. The summed E-state index contributed by atoms with van der Waals surface area (Å²) in [5.74, 6) is -0.547. The normalized spacial score (nSPS) is 24.5. The van der Waals surface area contributed by atoms with Crippen LogP contribution in [0.1, 0.15) is 42.2 Å². The molecule has 0 radical (unpaired) electrons. The summed E-state index contributed by atoms with van der Waals surface area (Å²) in [6.07, 6.45) is 3.50. The molecule has 1 N–H and O–H groups in total. The van der Waals surface area contributed by atoms with Crippen molar-refractivity contribution >= 4 is 11.9 Å². The molecule has 0 spiro atoms. The second kappa shape index (κ2) is 9.05. The van der Waals surface area contributed by atoms with Gasteiger partial charge in [-0.3, -0.25) is 19.2 Å². The monoisotopic (exact) mass is 391 g/mol. The van der Waals surface area contributed by atoms with Crippen molar-refractivity contribution in [3.8, 4) is 0 Å². The molecule has 0 aromatic carbocycles. The Hall–Kier alpha value is -1.93. The van der Waals surface area contributed by atoms with E-state index in [1.54, 1.807) is 4.68 Å². The largest absolute Gasteiger partial charge is 0.481 e. The number of hydrogen-bond donors (Lipinski definition) is 1. The Morgan fingerprint density at radius 1 is 1.21 bits per heavy atom. The van der Waals surface area contributed by atoms with Gasteiger partial charge in [-0.2, -0.15) is 5.10 Å². The molecule has 2 fully saturated rings. The molecular weight excluding hydrogens is 358 g/mol. The number of carboxylic acid groups (broad SMARTS) is 1. The van der Waals surface area contributed by atoms with E-state index in [0.29, 0.717) is 24.6 Å². The van der Waals surface area contributed by atoms with Crippen molar-refractivity contribution in [2.24, 2.45) is 5.92 Å². The molecule has 28 heavy (non-hydrogen) atoms. The van der Waals surface area contributed by atoms with Crippen molar-refractivity contribution < 1.29 is 14.7 Å². The number of aromatic nitrogens is 2. The molecule has 0 bridgehead atoms. The highest BCUT2D eigenvalue weighted by atomic mass is 16.4. The van der Waals surface area contributed by atoms with E-state index < -0.39 is 5.97 Å². The number of piperidine rings is 1. The Kier molecular flexibility index (Phi) is 6.72. The van der Waals surface area contributed by atoms with Gasteiger partial charge >= 0.3 is 5.97 Å². The minimum atomic E-state index is -0.763. The smallest absolute Gasteiger partial charge is 0.303 e. The second-order valence-corrected chi connectivity index (χ2v) is 8.12.